The molecule has 0 atom stereocenters. The van der Waals surface area contributed by atoms with Crippen molar-refractivity contribution in [3.8, 4) is 33.6 Å². The maximum Gasteiger partial charge on any atom is 0.228 e. The fourth-order valence-corrected chi connectivity index (χ4v) is 4.93. The van der Waals surface area contributed by atoms with Crippen LogP contribution in [0.3, 0.4) is 0 Å². The van der Waals surface area contributed by atoms with Crippen LogP contribution in [0.15, 0.2) is 55.1 Å². The summed E-state index contributed by atoms with van der Waals surface area (Å²) in [7, 11) is 6.12. The highest BCUT2D eigenvalue weighted by Gasteiger charge is 2.27. The van der Waals surface area contributed by atoms with Crippen molar-refractivity contribution >= 4 is 11.8 Å². The third-order valence-electron chi connectivity index (χ3n) is 6.96. The van der Waals surface area contributed by atoms with Gasteiger partial charge in [0.25, 0.3) is 0 Å². The summed E-state index contributed by atoms with van der Waals surface area (Å²) in [6.07, 6.45) is 9.64. The number of rotatable bonds is 8. The molecule has 1 N–H and O–H groups in total. The predicted molar refractivity (Wildman–Crippen MR) is 148 cm³/mol. The molecule has 38 heavy (non-hydrogen) atoms. The summed E-state index contributed by atoms with van der Waals surface area (Å²) in [4.78, 5) is 11.7. The lowest BCUT2D eigenvalue weighted by molar-refractivity contribution is 0.373. The number of hydrogen-bond donors (Lipinski definition) is 1. The number of aryl methyl sites for hydroxylation is 4. The zero-order valence-electron chi connectivity index (χ0n) is 22.3. The van der Waals surface area contributed by atoms with Gasteiger partial charge in [-0.15, -0.1) is 0 Å². The summed E-state index contributed by atoms with van der Waals surface area (Å²) in [5.41, 5.74) is 8.66. The van der Waals surface area contributed by atoms with Crippen LogP contribution < -0.4 is 5.32 Å². The molecule has 4 aromatic heterocycles. The van der Waals surface area contributed by atoms with Crippen LogP contribution >= 0.6 is 0 Å². The van der Waals surface area contributed by atoms with Crippen LogP contribution in [0, 0.1) is 0 Å². The summed E-state index contributed by atoms with van der Waals surface area (Å²) in [6, 6.07) is 10.6. The SMILES string of the molecule is CCn1cc(-c2ccc(-c3c4c(nn3C)CCc3cnc(Nc5ccn(CCN(C)C)n5)nc3-4)cc2)cn1. The molecule has 0 saturated heterocycles. The molecular formula is C28H32N10. The number of likely N-dealkylation sites (N-methyl/N-ethyl adjacent to an activating group) is 1. The average molecular weight is 509 g/mol. The Morgan fingerprint density at radius 3 is 2.53 bits per heavy atom. The average Bonchev–Trinajstić information content (AvgIpc) is 3.66. The summed E-state index contributed by atoms with van der Waals surface area (Å²) in [5, 5.41) is 17.2. The Morgan fingerprint density at radius 1 is 0.947 bits per heavy atom. The van der Waals surface area contributed by atoms with E-state index in [4.69, 9.17) is 10.1 Å². The smallest absolute Gasteiger partial charge is 0.228 e. The molecular weight excluding hydrogens is 476 g/mol. The molecule has 0 unspecified atom stereocenters. The minimum absolute atomic E-state index is 0.535. The van der Waals surface area contributed by atoms with Gasteiger partial charge >= 0.3 is 0 Å². The normalized spacial score (nSPS) is 12.6. The van der Waals surface area contributed by atoms with E-state index in [1.165, 1.54) is 0 Å². The molecule has 1 aliphatic rings. The van der Waals surface area contributed by atoms with Crippen molar-refractivity contribution < 1.29 is 0 Å². The number of aromatic nitrogens is 8. The Hall–Kier alpha value is -4.31. The van der Waals surface area contributed by atoms with E-state index in [1.54, 1.807) is 0 Å². The van der Waals surface area contributed by atoms with Gasteiger partial charge in [-0.05, 0) is 45.0 Å². The molecule has 0 bridgehead atoms. The Balaban J connectivity index is 1.31. The van der Waals surface area contributed by atoms with Gasteiger partial charge < -0.3 is 10.2 Å². The molecule has 10 heteroatoms. The first kappa shape index (κ1) is 24.1. The van der Waals surface area contributed by atoms with Crippen LogP contribution in [-0.4, -0.2) is 64.8 Å². The monoisotopic (exact) mass is 508 g/mol. The Bertz CT molecular complexity index is 1570. The van der Waals surface area contributed by atoms with Gasteiger partial charge in [0.1, 0.15) is 0 Å². The Morgan fingerprint density at radius 2 is 1.76 bits per heavy atom. The van der Waals surface area contributed by atoms with Gasteiger partial charge in [-0.1, -0.05) is 24.3 Å². The van der Waals surface area contributed by atoms with E-state index in [-0.39, 0.29) is 0 Å². The number of anilines is 2. The van der Waals surface area contributed by atoms with Gasteiger partial charge in [-0.2, -0.15) is 15.3 Å². The highest BCUT2D eigenvalue weighted by molar-refractivity contribution is 5.85. The molecule has 4 heterocycles. The predicted octanol–water partition coefficient (Wildman–Crippen LogP) is 4.03. The molecule has 0 amide bonds. The lowest BCUT2D eigenvalue weighted by atomic mass is 9.91. The fourth-order valence-electron chi connectivity index (χ4n) is 4.93. The molecule has 5 aromatic rings. The van der Waals surface area contributed by atoms with Crippen LogP contribution in [0.4, 0.5) is 11.8 Å². The number of hydrogen-bond acceptors (Lipinski definition) is 7. The Labute approximate surface area is 222 Å². The van der Waals surface area contributed by atoms with Crippen molar-refractivity contribution in [3.63, 3.8) is 0 Å². The maximum atomic E-state index is 4.97. The minimum atomic E-state index is 0.535. The molecule has 0 radical (unpaired) electrons. The third kappa shape index (κ3) is 4.58. The molecule has 1 aromatic carbocycles. The lowest BCUT2D eigenvalue weighted by Gasteiger charge is -2.17. The van der Waals surface area contributed by atoms with E-state index < -0.39 is 0 Å². The molecule has 10 nitrogen and oxygen atoms in total. The van der Waals surface area contributed by atoms with E-state index in [0.29, 0.717) is 5.95 Å². The first-order chi connectivity index (χ1) is 18.5. The van der Waals surface area contributed by atoms with Gasteiger partial charge in [-0.25, -0.2) is 9.97 Å². The second-order valence-corrected chi connectivity index (χ2v) is 9.92. The fraction of sp³-hybridized carbons (Fsp3) is 0.321. The molecule has 0 saturated carbocycles. The highest BCUT2D eigenvalue weighted by Crippen LogP contribution is 2.40. The lowest BCUT2D eigenvalue weighted by Crippen LogP contribution is -2.18. The topological polar surface area (TPSA) is 94.5 Å². The van der Waals surface area contributed by atoms with E-state index in [9.17, 15) is 0 Å². The maximum absolute atomic E-state index is 4.97. The molecule has 6 rings (SSSR count). The third-order valence-corrected chi connectivity index (χ3v) is 6.96. The molecule has 0 fully saturated rings. The Kier molecular flexibility index (Phi) is 6.24. The van der Waals surface area contributed by atoms with Crippen LogP contribution in [0.1, 0.15) is 18.2 Å². The zero-order valence-corrected chi connectivity index (χ0v) is 22.3. The van der Waals surface area contributed by atoms with Crippen molar-refractivity contribution in [2.75, 3.05) is 26.0 Å². The first-order valence-electron chi connectivity index (χ1n) is 13.0. The number of nitrogens with zero attached hydrogens (tertiary/aromatic N) is 9. The van der Waals surface area contributed by atoms with Gasteiger partial charge in [0.15, 0.2) is 5.82 Å². The second-order valence-electron chi connectivity index (χ2n) is 9.92. The van der Waals surface area contributed by atoms with Crippen LogP contribution in [0.5, 0.6) is 0 Å². The van der Waals surface area contributed by atoms with Gasteiger partial charge in [0.2, 0.25) is 5.95 Å². The molecule has 1 aliphatic carbocycles. The summed E-state index contributed by atoms with van der Waals surface area (Å²) < 4.78 is 5.84. The summed E-state index contributed by atoms with van der Waals surface area (Å²) in [6.45, 7) is 4.69. The van der Waals surface area contributed by atoms with Crippen molar-refractivity contribution in [1.29, 1.82) is 0 Å². The van der Waals surface area contributed by atoms with E-state index >= 15 is 0 Å². The van der Waals surface area contributed by atoms with E-state index in [2.05, 4.69) is 76.9 Å². The van der Waals surface area contributed by atoms with Crippen LogP contribution in [-0.2, 0) is 33.0 Å². The first-order valence-corrected chi connectivity index (χ1v) is 13.0. The van der Waals surface area contributed by atoms with Gasteiger partial charge in [0.05, 0.1) is 29.8 Å². The largest absolute Gasteiger partial charge is 0.308 e. The number of benzene rings is 1. The quantitative estimate of drug-likeness (QED) is 0.338. The molecule has 194 valence electrons. The summed E-state index contributed by atoms with van der Waals surface area (Å²) >= 11 is 0. The van der Waals surface area contributed by atoms with Crippen molar-refractivity contribution in [1.82, 2.24) is 44.2 Å². The van der Waals surface area contributed by atoms with Crippen molar-refractivity contribution in [2.24, 2.45) is 7.05 Å². The van der Waals surface area contributed by atoms with Gasteiger partial charge in [-0.3, -0.25) is 14.0 Å². The van der Waals surface area contributed by atoms with Gasteiger partial charge in [0, 0.05) is 61.5 Å². The van der Waals surface area contributed by atoms with Crippen LogP contribution in [0.25, 0.3) is 33.6 Å². The number of fused-ring (bicyclic) bond motifs is 3. The number of nitrogens with one attached hydrogen (secondary N) is 1. The molecule has 0 spiro atoms. The van der Waals surface area contributed by atoms with Crippen LogP contribution in [0.2, 0.25) is 0 Å². The highest BCUT2D eigenvalue weighted by atomic mass is 15.3. The van der Waals surface area contributed by atoms with E-state index in [0.717, 1.165) is 83.2 Å². The minimum Gasteiger partial charge on any atom is -0.308 e. The zero-order chi connectivity index (χ0) is 26.2. The van der Waals surface area contributed by atoms with E-state index in [1.807, 2.05) is 45.7 Å². The summed E-state index contributed by atoms with van der Waals surface area (Å²) in [5.74, 6) is 1.26. The molecule has 0 aliphatic heterocycles. The van der Waals surface area contributed by atoms with Crippen molar-refractivity contribution in [2.45, 2.75) is 32.9 Å². The van der Waals surface area contributed by atoms with Crippen molar-refractivity contribution in [3.05, 3.63) is 66.4 Å². The second kappa shape index (κ2) is 9.86. The standard InChI is InChI=1S/C28H32N10/c1-5-37-18-22(17-30-37)19-6-8-20(9-7-19)27-25-23(33-36(27)4)11-10-21-16-29-28(32-26(21)25)31-24-12-13-38(34-24)15-14-35(2)3/h6-9,12-13,16-18H,5,10-11,14-15H2,1-4H3,(H,29,31,32,34).